The molecule has 0 N–H and O–H groups in total. The Morgan fingerprint density at radius 1 is 0.391 bits per heavy atom. The van der Waals surface area contributed by atoms with Gasteiger partial charge in [0.2, 0.25) is 23.1 Å². The minimum absolute atomic E-state index is 0.341. The van der Waals surface area contributed by atoms with Gasteiger partial charge in [0.25, 0.3) is 0 Å². The van der Waals surface area contributed by atoms with Crippen molar-refractivity contribution in [3.8, 4) is 56.8 Å². The van der Waals surface area contributed by atoms with E-state index in [0.717, 1.165) is 0 Å². The van der Waals surface area contributed by atoms with E-state index in [1.54, 1.807) is 62.4 Å². The van der Waals surface area contributed by atoms with Crippen molar-refractivity contribution < 1.29 is 47.6 Å². The van der Waals surface area contributed by atoms with E-state index in [2.05, 4.69) is 0 Å². The molecule has 10 nitrogen and oxygen atoms in total. The van der Waals surface area contributed by atoms with Gasteiger partial charge in [-0.15, -0.1) is 0 Å². The summed E-state index contributed by atoms with van der Waals surface area (Å²) in [4.78, 5) is 50.1. The molecule has 0 fully saturated rings. The molecule has 0 heterocycles. The smallest absolute Gasteiger partial charge is 0.234 e. The summed E-state index contributed by atoms with van der Waals surface area (Å²) in [6.45, 7) is 3.50. The monoisotopic (exact) mass is 624 g/mol. The Morgan fingerprint density at radius 3 is 1.07 bits per heavy atom. The Kier molecular flexibility index (Phi) is 8.56. The number of ketones is 4. The summed E-state index contributed by atoms with van der Waals surface area (Å²) in [5, 5.41) is 0. The summed E-state index contributed by atoms with van der Waals surface area (Å²) in [6.07, 6.45) is 0. The van der Waals surface area contributed by atoms with Gasteiger partial charge in [-0.3, -0.25) is 19.2 Å². The molecule has 0 atom stereocenters. The largest absolute Gasteiger partial charge is 0.497 e. The molecular weight excluding hydrogens is 592 g/mol. The molecule has 236 valence electrons. The third kappa shape index (κ3) is 4.92. The predicted octanol–water partition coefficient (Wildman–Crippen LogP) is 6.13. The van der Waals surface area contributed by atoms with Crippen LogP contribution in [0.4, 0.5) is 0 Å². The van der Waals surface area contributed by atoms with Crippen LogP contribution in [0.3, 0.4) is 0 Å². The first kappa shape index (κ1) is 31.8. The number of ether oxygens (including phenoxy) is 6. The lowest BCUT2D eigenvalue weighted by Gasteiger charge is -2.23. The molecule has 10 heteroatoms. The van der Waals surface area contributed by atoms with E-state index >= 15 is 0 Å². The Labute approximate surface area is 265 Å². The highest BCUT2D eigenvalue weighted by molar-refractivity contribution is 6.54. The Balaban J connectivity index is 0.000000181. The zero-order valence-corrected chi connectivity index (χ0v) is 26.7. The number of carbonyl (C=O) groups is 4. The molecule has 2 aliphatic carbocycles. The van der Waals surface area contributed by atoms with Gasteiger partial charge in [-0.2, -0.15) is 0 Å². The number of methoxy groups -OCH3 is 6. The second-order valence-corrected chi connectivity index (χ2v) is 10.5. The molecule has 4 aromatic carbocycles. The van der Waals surface area contributed by atoms with Gasteiger partial charge >= 0.3 is 0 Å². The molecule has 4 aromatic rings. The first-order valence-corrected chi connectivity index (χ1v) is 14.1. The first-order chi connectivity index (χ1) is 22.1. The first-order valence-electron chi connectivity index (χ1n) is 14.1. The van der Waals surface area contributed by atoms with Crippen molar-refractivity contribution in [2.24, 2.45) is 0 Å². The second kappa shape index (κ2) is 12.4. The average molecular weight is 625 g/mol. The van der Waals surface area contributed by atoms with Crippen molar-refractivity contribution in [2.45, 2.75) is 13.8 Å². The molecule has 0 aromatic heterocycles. The van der Waals surface area contributed by atoms with E-state index in [4.69, 9.17) is 28.4 Å². The molecule has 0 radical (unpaired) electrons. The third-order valence-corrected chi connectivity index (χ3v) is 8.21. The van der Waals surface area contributed by atoms with Gasteiger partial charge in [0, 0.05) is 33.4 Å². The van der Waals surface area contributed by atoms with Gasteiger partial charge in [-0.1, -0.05) is 0 Å². The minimum Gasteiger partial charge on any atom is -0.497 e. The fourth-order valence-corrected chi connectivity index (χ4v) is 5.98. The minimum atomic E-state index is -0.542. The number of carbonyl (C=O) groups excluding carboxylic acids is 4. The average Bonchev–Trinajstić information content (AvgIpc) is 3.08. The van der Waals surface area contributed by atoms with Crippen LogP contribution >= 0.6 is 0 Å². The molecule has 0 amide bonds. The van der Waals surface area contributed by atoms with Gasteiger partial charge in [0.15, 0.2) is 23.0 Å². The van der Waals surface area contributed by atoms with E-state index in [-0.39, 0.29) is 0 Å². The van der Waals surface area contributed by atoms with Crippen LogP contribution in [0, 0.1) is 13.8 Å². The van der Waals surface area contributed by atoms with Crippen molar-refractivity contribution in [1.29, 1.82) is 0 Å². The molecule has 0 saturated carbocycles. The number of Topliss-reactive ketones (excluding diaryl/α,β-unsaturated/α-hetero) is 4. The van der Waals surface area contributed by atoms with Crippen LogP contribution in [0.15, 0.2) is 48.5 Å². The van der Waals surface area contributed by atoms with Crippen LogP contribution < -0.4 is 28.4 Å². The highest BCUT2D eigenvalue weighted by Crippen LogP contribution is 2.45. The topological polar surface area (TPSA) is 124 Å². The van der Waals surface area contributed by atoms with E-state index in [1.165, 1.54) is 42.7 Å². The molecule has 0 saturated heterocycles. The lowest BCUT2D eigenvalue weighted by Crippen LogP contribution is -2.23. The van der Waals surface area contributed by atoms with Gasteiger partial charge in [-0.05, 0) is 84.6 Å². The molecule has 0 bridgehead atoms. The standard InChI is InChI=1S/2C18H16O5/c2*1-9-15-12(8-14(22-3)18(9)23-4)11-6-5-10(21-2)7-13(11)16(19)17(15)20/h2*5-8H,1-4H3. The quantitative estimate of drug-likeness (QED) is 0.231. The fraction of sp³-hybridized carbons (Fsp3) is 0.222. The Morgan fingerprint density at radius 2 is 0.761 bits per heavy atom. The zero-order chi connectivity index (χ0) is 33.4. The molecule has 0 spiro atoms. The van der Waals surface area contributed by atoms with Crippen molar-refractivity contribution in [3.63, 3.8) is 0 Å². The van der Waals surface area contributed by atoms with E-state index in [1.807, 2.05) is 0 Å². The molecule has 46 heavy (non-hydrogen) atoms. The van der Waals surface area contributed by atoms with Gasteiger partial charge in [0.1, 0.15) is 11.5 Å². The molecule has 6 rings (SSSR count). The lowest BCUT2D eigenvalue weighted by atomic mass is 9.81. The van der Waals surface area contributed by atoms with Crippen molar-refractivity contribution >= 4 is 23.1 Å². The summed E-state index contributed by atoms with van der Waals surface area (Å²) >= 11 is 0. The Bertz CT molecular complexity index is 1810. The third-order valence-electron chi connectivity index (χ3n) is 8.21. The lowest BCUT2D eigenvalue weighted by molar-refractivity contribution is 0.0814. The van der Waals surface area contributed by atoms with Crippen molar-refractivity contribution in [1.82, 2.24) is 0 Å². The molecule has 0 aliphatic heterocycles. The predicted molar refractivity (Wildman–Crippen MR) is 170 cm³/mol. The normalized spacial score (nSPS) is 12.5. The number of hydrogen-bond acceptors (Lipinski definition) is 10. The van der Waals surface area contributed by atoms with Crippen LogP contribution in [0.5, 0.6) is 34.5 Å². The maximum Gasteiger partial charge on any atom is 0.234 e. The zero-order valence-electron chi connectivity index (χ0n) is 26.7. The van der Waals surface area contributed by atoms with E-state index in [0.29, 0.717) is 90.1 Å². The number of hydrogen-bond donors (Lipinski definition) is 0. The molecule has 0 unspecified atom stereocenters. The van der Waals surface area contributed by atoms with Crippen LogP contribution in [0.1, 0.15) is 52.6 Å². The highest BCUT2D eigenvalue weighted by Gasteiger charge is 2.36. The van der Waals surface area contributed by atoms with Crippen molar-refractivity contribution in [3.05, 3.63) is 81.9 Å². The number of benzene rings is 4. The van der Waals surface area contributed by atoms with Crippen molar-refractivity contribution in [2.75, 3.05) is 42.7 Å². The SMILES string of the molecule is COc1ccc2c(c1)C(=O)C(=O)c1c-2cc(OC)c(OC)c1C.COc1ccc2c(c1)C(=O)C(=O)c1c-2cc(OC)c(OC)c1C. The highest BCUT2D eigenvalue weighted by atomic mass is 16.5. The summed E-state index contributed by atoms with van der Waals surface area (Å²) in [6, 6.07) is 13.7. The van der Waals surface area contributed by atoms with Gasteiger partial charge < -0.3 is 28.4 Å². The summed E-state index contributed by atoms with van der Waals surface area (Å²) in [7, 11) is 9.12. The second-order valence-electron chi connectivity index (χ2n) is 10.5. The maximum atomic E-state index is 12.6. The Hall–Kier alpha value is -5.64. The van der Waals surface area contributed by atoms with E-state index in [9.17, 15) is 19.2 Å². The van der Waals surface area contributed by atoms with Crippen LogP contribution in [0.2, 0.25) is 0 Å². The molecular formula is C36H32O10. The van der Waals surface area contributed by atoms with Crippen LogP contribution in [-0.2, 0) is 0 Å². The molecule has 2 aliphatic rings. The number of rotatable bonds is 6. The van der Waals surface area contributed by atoms with E-state index < -0.39 is 23.1 Å². The van der Waals surface area contributed by atoms with Crippen LogP contribution in [-0.4, -0.2) is 65.8 Å². The summed E-state index contributed by atoms with van der Waals surface area (Å²) in [5.41, 5.74) is 5.33. The summed E-state index contributed by atoms with van der Waals surface area (Å²) in [5.74, 6) is 0.868. The summed E-state index contributed by atoms with van der Waals surface area (Å²) < 4.78 is 31.7. The van der Waals surface area contributed by atoms with Gasteiger partial charge in [0.05, 0.1) is 42.7 Å². The number of fused-ring (bicyclic) bond motifs is 6. The van der Waals surface area contributed by atoms with Crippen LogP contribution in [0.25, 0.3) is 22.3 Å². The van der Waals surface area contributed by atoms with Gasteiger partial charge in [-0.25, -0.2) is 0 Å². The maximum absolute atomic E-state index is 12.6. The fourth-order valence-electron chi connectivity index (χ4n) is 5.98.